The molecule has 3 heterocycles. The molecule has 2 aliphatic rings. The number of carbonyl (C=O) groups is 3. The van der Waals surface area contributed by atoms with E-state index in [-0.39, 0.29) is 11.8 Å². The first-order valence-corrected chi connectivity index (χ1v) is 9.91. The van der Waals surface area contributed by atoms with Crippen molar-refractivity contribution in [2.24, 2.45) is 5.41 Å². The molecule has 0 saturated carbocycles. The Labute approximate surface area is 182 Å². The lowest BCUT2D eigenvalue weighted by Gasteiger charge is -2.23. The Bertz CT molecular complexity index is 996. The van der Waals surface area contributed by atoms with Crippen LogP contribution < -0.4 is 4.90 Å². The zero-order valence-electron chi connectivity index (χ0n) is 17.3. The van der Waals surface area contributed by atoms with E-state index in [1.807, 2.05) is 53.1 Å². The predicted octanol–water partition coefficient (Wildman–Crippen LogP) is 3.29. The second-order valence-corrected chi connectivity index (χ2v) is 7.84. The number of likely N-dealkylation sites (tertiary alicyclic amines) is 1. The normalized spacial score (nSPS) is 20.3. The van der Waals surface area contributed by atoms with E-state index in [1.54, 1.807) is 12.4 Å². The molecule has 1 unspecified atom stereocenters. The fraction of sp³-hybridized carbons (Fsp3) is 0.364. The molecule has 2 amide bonds. The van der Waals surface area contributed by atoms with E-state index in [0.29, 0.717) is 25.2 Å². The number of hydrogen-bond donors (Lipinski definition) is 1. The fourth-order valence-corrected chi connectivity index (χ4v) is 3.88. The van der Waals surface area contributed by atoms with Crippen LogP contribution in [0.5, 0.6) is 0 Å². The van der Waals surface area contributed by atoms with E-state index >= 15 is 0 Å². The predicted molar refractivity (Wildman–Crippen MR) is 109 cm³/mol. The summed E-state index contributed by atoms with van der Waals surface area (Å²) in [6, 6.07) is 11.4. The summed E-state index contributed by atoms with van der Waals surface area (Å²) in [6.45, 7) is 3.84. The van der Waals surface area contributed by atoms with Crippen LogP contribution in [0.3, 0.4) is 0 Å². The van der Waals surface area contributed by atoms with E-state index in [9.17, 15) is 22.8 Å². The molecule has 10 heteroatoms. The van der Waals surface area contributed by atoms with Crippen LogP contribution >= 0.6 is 0 Å². The Balaban J connectivity index is 0.000000360. The molecule has 2 aromatic rings. The lowest BCUT2D eigenvalue weighted by Crippen LogP contribution is -2.38. The number of aliphatic carboxylic acids is 1. The highest BCUT2D eigenvalue weighted by molar-refractivity contribution is 6.01. The maximum Gasteiger partial charge on any atom is 0.490 e. The van der Waals surface area contributed by atoms with Crippen LogP contribution in [-0.4, -0.2) is 58.6 Å². The van der Waals surface area contributed by atoms with Crippen LogP contribution in [0.1, 0.15) is 28.8 Å². The number of aromatic nitrogens is 1. The van der Waals surface area contributed by atoms with Gasteiger partial charge < -0.3 is 14.9 Å². The van der Waals surface area contributed by atoms with Crippen molar-refractivity contribution in [3.63, 3.8) is 0 Å². The summed E-state index contributed by atoms with van der Waals surface area (Å²) in [5.74, 6) is -2.61. The molecule has 0 aliphatic carbocycles. The number of hydrogen-bond acceptors (Lipinski definition) is 4. The van der Waals surface area contributed by atoms with Gasteiger partial charge in [0.15, 0.2) is 0 Å². The van der Waals surface area contributed by atoms with Gasteiger partial charge in [-0.15, -0.1) is 0 Å². The topological polar surface area (TPSA) is 90.8 Å². The number of benzene rings is 1. The Morgan fingerprint density at radius 3 is 2.28 bits per heavy atom. The summed E-state index contributed by atoms with van der Waals surface area (Å²) >= 11 is 0. The van der Waals surface area contributed by atoms with E-state index in [2.05, 4.69) is 4.98 Å². The van der Waals surface area contributed by atoms with E-state index in [0.717, 1.165) is 24.1 Å². The zero-order valence-corrected chi connectivity index (χ0v) is 17.3. The molecule has 0 radical (unpaired) electrons. The fourth-order valence-electron chi connectivity index (χ4n) is 3.88. The average molecular weight is 449 g/mol. The monoisotopic (exact) mass is 449 g/mol. The molecular weight excluding hydrogens is 427 g/mol. The maximum atomic E-state index is 13.0. The number of anilines is 1. The molecular formula is C22H22F3N3O4. The molecule has 7 nitrogen and oxygen atoms in total. The van der Waals surface area contributed by atoms with Crippen molar-refractivity contribution in [1.29, 1.82) is 0 Å². The molecule has 2 fully saturated rings. The number of pyridine rings is 1. The first-order chi connectivity index (χ1) is 15.0. The number of alkyl halides is 3. The van der Waals surface area contributed by atoms with Crippen LogP contribution in [0.25, 0.3) is 0 Å². The molecule has 170 valence electrons. The minimum absolute atomic E-state index is 0.0181. The third kappa shape index (κ3) is 4.90. The molecule has 2 aliphatic heterocycles. The lowest BCUT2D eigenvalue weighted by molar-refractivity contribution is -0.192. The van der Waals surface area contributed by atoms with Crippen molar-refractivity contribution in [2.75, 3.05) is 24.5 Å². The van der Waals surface area contributed by atoms with Crippen molar-refractivity contribution < 1.29 is 32.7 Å². The zero-order chi connectivity index (χ0) is 23.5. The Morgan fingerprint density at radius 1 is 1.09 bits per heavy atom. The number of carboxylic acid groups (broad SMARTS) is 1. The molecule has 32 heavy (non-hydrogen) atoms. The second-order valence-electron chi connectivity index (χ2n) is 7.84. The second kappa shape index (κ2) is 8.97. The van der Waals surface area contributed by atoms with Crippen LogP contribution in [-0.2, 0) is 9.59 Å². The highest BCUT2D eigenvalue weighted by Gasteiger charge is 2.52. The van der Waals surface area contributed by atoms with Crippen molar-refractivity contribution in [2.45, 2.75) is 25.9 Å². The molecule has 1 aromatic heterocycles. The van der Waals surface area contributed by atoms with Crippen LogP contribution in [0.2, 0.25) is 0 Å². The summed E-state index contributed by atoms with van der Waals surface area (Å²) in [7, 11) is 0. The Morgan fingerprint density at radius 2 is 1.72 bits per heavy atom. The van der Waals surface area contributed by atoms with Crippen molar-refractivity contribution in [3.05, 3.63) is 59.9 Å². The van der Waals surface area contributed by atoms with Gasteiger partial charge in [-0.2, -0.15) is 13.2 Å². The van der Waals surface area contributed by atoms with Crippen molar-refractivity contribution in [1.82, 2.24) is 9.88 Å². The number of nitrogens with zero attached hydrogens (tertiary/aromatic N) is 3. The Kier molecular flexibility index (Phi) is 6.52. The summed E-state index contributed by atoms with van der Waals surface area (Å²) in [5.41, 5.74) is 2.23. The Hall–Kier alpha value is -3.43. The number of aryl methyl sites for hydroxylation is 1. The summed E-state index contributed by atoms with van der Waals surface area (Å²) < 4.78 is 31.7. The molecule has 1 atom stereocenters. The third-order valence-corrected chi connectivity index (χ3v) is 5.65. The highest BCUT2D eigenvalue weighted by Crippen LogP contribution is 2.42. The van der Waals surface area contributed by atoms with E-state index < -0.39 is 17.6 Å². The first kappa shape index (κ1) is 23.2. The van der Waals surface area contributed by atoms with Crippen LogP contribution in [0.15, 0.2) is 48.8 Å². The summed E-state index contributed by atoms with van der Waals surface area (Å²) in [4.78, 5) is 42.4. The van der Waals surface area contributed by atoms with Crippen LogP contribution in [0.4, 0.5) is 18.9 Å². The minimum atomic E-state index is -5.08. The van der Waals surface area contributed by atoms with Gasteiger partial charge in [0.05, 0.1) is 17.3 Å². The molecule has 1 N–H and O–H groups in total. The van der Waals surface area contributed by atoms with Gasteiger partial charge in [0.25, 0.3) is 5.91 Å². The minimum Gasteiger partial charge on any atom is -0.475 e. The number of amides is 2. The number of rotatable bonds is 2. The van der Waals surface area contributed by atoms with Gasteiger partial charge in [-0.05, 0) is 44.0 Å². The number of carboxylic acids is 1. The van der Waals surface area contributed by atoms with E-state index in [1.165, 1.54) is 0 Å². The molecule has 0 bridgehead atoms. The van der Waals surface area contributed by atoms with Gasteiger partial charge in [-0.3, -0.25) is 14.6 Å². The van der Waals surface area contributed by atoms with Crippen LogP contribution in [0, 0.1) is 12.3 Å². The van der Waals surface area contributed by atoms with E-state index in [4.69, 9.17) is 9.90 Å². The standard InChI is InChI=1S/C20H21N3O2.C2HF3O2/c1-15-4-6-16(7-5-15)18(24)22-11-8-20(14-22)9-12-23(19(20)25)17-3-2-10-21-13-17;3-2(4,5)1(6)7/h2-7,10,13H,8-9,11-12,14H2,1H3;(H,6,7). The van der Waals surface area contributed by atoms with Gasteiger partial charge in [0.2, 0.25) is 5.91 Å². The maximum absolute atomic E-state index is 13.0. The first-order valence-electron chi connectivity index (χ1n) is 9.91. The number of halogens is 3. The van der Waals surface area contributed by atoms with Gasteiger partial charge in [-0.25, -0.2) is 4.79 Å². The van der Waals surface area contributed by atoms with Gasteiger partial charge in [-0.1, -0.05) is 17.7 Å². The van der Waals surface area contributed by atoms with Crippen molar-refractivity contribution >= 4 is 23.5 Å². The molecule has 2 saturated heterocycles. The van der Waals surface area contributed by atoms with Crippen molar-refractivity contribution in [3.8, 4) is 0 Å². The molecule has 4 rings (SSSR count). The largest absolute Gasteiger partial charge is 0.490 e. The SMILES string of the molecule is Cc1ccc(C(=O)N2CCC3(CCN(c4cccnc4)C3=O)C2)cc1.O=C(O)C(F)(F)F. The van der Waals surface area contributed by atoms with Gasteiger partial charge in [0, 0.05) is 31.4 Å². The summed E-state index contributed by atoms with van der Waals surface area (Å²) in [6.07, 6.45) is -0.128. The molecule has 1 aromatic carbocycles. The highest BCUT2D eigenvalue weighted by atomic mass is 19.4. The summed E-state index contributed by atoms with van der Waals surface area (Å²) in [5, 5.41) is 7.12. The quantitative estimate of drug-likeness (QED) is 0.760. The number of carbonyl (C=O) groups excluding carboxylic acids is 2. The van der Waals surface area contributed by atoms with Gasteiger partial charge in [0.1, 0.15) is 0 Å². The molecule has 1 spiro atoms. The smallest absolute Gasteiger partial charge is 0.475 e. The lowest BCUT2D eigenvalue weighted by atomic mass is 9.85. The average Bonchev–Trinajstić information content (AvgIpc) is 3.33. The third-order valence-electron chi connectivity index (χ3n) is 5.65. The van der Waals surface area contributed by atoms with Gasteiger partial charge >= 0.3 is 12.1 Å².